The molecule has 238 valence electrons. The third-order valence-corrected chi connectivity index (χ3v) is 9.76. The van der Waals surface area contributed by atoms with Gasteiger partial charge in [0.25, 0.3) is 0 Å². The number of nitrogens with one attached hydrogen (secondary N) is 1. The third-order valence-electron chi connectivity index (χ3n) is 9.76. The van der Waals surface area contributed by atoms with Gasteiger partial charge >= 0.3 is 0 Å². The maximum absolute atomic E-state index is 6.85. The highest BCUT2D eigenvalue weighted by Gasteiger charge is 2.46. The molecule has 4 heteroatoms. The SMILES string of the molecule is CC(C)(C)c1ccc(CNc2ccc3c(c2)C(OCCC2CCCCC2)C(OCc2ccc4ccccc4c2)C(C)(C)O3)cc1. The average molecular weight is 606 g/mol. The number of benzene rings is 4. The summed E-state index contributed by atoms with van der Waals surface area (Å²) >= 11 is 0. The topological polar surface area (TPSA) is 39.7 Å². The Morgan fingerprint density at radius 2 is 1.53 bits per heavy atom. The van der Waals surface area contributed by atoms with E-state index < -0.39 is 5.60 Å². The molecule has 0 amide bonds. The van der Waals surface area contributed by atoms with Gasteiger partial charge in [0.2, 0.25) is 0 Å². The van der Waals surface area contributed by atoms with Crippen molar-refractivity contribution in [2.24, 2.45) is 5.92 Å². The van der Waals surface area contributed by atoms with E-state index in [0.29, 0.717) is 6.61 Å². The van der Waals surface area contributed by atoms with E-state index in [1.807, 2.05) is 0 Å². The van der Waals surface area contributed by atoms with Crippen LogP contribution in [0.15, 0.2) is 84.9 Å². The van der Waals surface area contributed by atoms with E-state index in [2.05, 4.69) is 125 Å². The molecule has 2 unspecified atom stereocenters. The van der Waals surface area contributed by atoms with Crippen molar-refractivity contribution in [1.82, 2.24) is 0 Å². The summed E-state index contributed by atoms with van der Waals surface area (Å²) in [6.07, 6.45) is 7.35. The predicted octanol–water partition coefficient (Wildman–Crippen LogP) is 10.5. The lowest BCUT2D eigenvalue weighted by Gasteiger charge is -2.44. The van der Waals surface area contributed by atoms with Crippen LogP contribution in [0.1, 0.15) is 102 Å². The monoisotopic (exact) mass is 605 g/mol. The highest BCUT2D eigenvalue weighted by Crippen LogP contribution is 2.45. The molecule has 2 atom stereocenters. The van der Waals surface area contributed by atoms with E-state index in [-0.39, 0.29) is 17.6 Å². The van der Waals surface area contributed by atoms with Crippen molar-refractivity contribution in [3.63, 3.8) is 0 Å². The Balaban J connectivity index is 1.22. The first kappa shape index (κ1) is 31.6. The highest BCUT2D eigenvalue weighted by molar-refractivity contribution is 5.82. The predicted molar refractivity (Wildman–Crippen MR) is 186 cm³/mol. The fourth-order valence-corrected chi connectivity index (χ4v) is 6.99. The fourth-order valence-electron chi connectivity index (χ4n) is 6.99. The standard InChI is InChI=1S/C41H51NO3/c1-40(2,3)34-19-16-30(17-20-34)27-42-35-21-22-37-36(26-35)38(43-24-23-29-11-7-6-8-12-29)39(41(4,5)45-37)44-28-31-15-18-32-13-9-10-14-33(32)25-31/h9-10,13-22,25-26,29,38-39,42H,6-8,11-12,23-24,27-28H2,1-5H3. The first-order chi connectivity index (χ1) is 21.7. The Labute approximate surface area is 270 Å². The second-order valence-corrected chi connectivity index (χ2v) is 14.8. The molecule has 0 spiro atoms. The molecule has 0 radical (unpaired) electrons. The molecule has 1 N–H and O–H groups in total. The Bertz CT molecular complexity index is 1560. The summed E-state index contributed by atoms with van der Waals surface area (Å²) < 4.78 is 20.3. The maximum Gasteiger partial charge on any atom is 0.132 e. The van der Waals surface area contributed by atoms with Gasteiger partial charge in [-0.25, -0.2) is 0 Å². The third kappa shape index (κ3) is 7.73. The zero-order valence-corrected chi connectivity index (χ0v) is 27.9. The van der Waals surface area contributed by atoms with Gasteiger partial charge in [0, 0.05) is 24.4 Å². The lowest BCUT2D eigenvalue weighted by Crippen LogP contribution is -2.51. The first-order valence-corrected chi connectivity index (χ1v) is 17.0. The Hall–Kier alpha value is -3.34. The minimum atomic E-state index is -0.552. The molecule has 1 saturated carbocycles. The molecule has 6 rings (SSSR count). The molecule has 0 saturated heterocycles. The van der Waals surface area contributed by atoms with Crippen LogP contribution in [0.25, 0.3) is 10.8 Å². The van der Waals surface area contributed by atoms with Crippen LogP contribution < -0.4 is 10.1 Å². The number of ether oxygens (including phenoxy) is 3. The first-order valence-electron chi connectivity index (χ1n) is 17.0. The van der Waals surface area contributed by atoms with Crippen LogP contribution in [-0.2, 0) is 28.0 Å². The Morgan fingerprint density at radius 1 is 0.800 bits per heavy atom. The van der Waals surface area contributed by atoms with Crippen LogP contribution in [-0.4, -0.2) is 18.3 Å². The summed E-state index contributed by atoms with van der Waals surface area (Å²) in [4.78, 5) is 0. The molecule has 45 heavy (non-hydrogen) atoms. The Kier molecular flexibility index (Phi) is 9.54. The van der Waals surface area contributed by atoms with Gasteiger partial charge in [-0.3, -0.25) is 0 Å². The van der Waals surface area contributed by atoms with E-state index >= 15 is 0 Å². The van der Waals surface area contributed by atoms with Gasteiger partial charge in [0.1, 0.15) is 23.6 Å². The van der Waals surface area contributed by atoms with E-state index in [9.17, 15) is 0 Å². The second-order valence-electron chi connectivity index (χ2n) is 14.8. The van der Waals surface area contributed by atoms with E-state index in [4.69, 9.17) is 14.2 Å². The molecule has 4 aromatic carbocycles. The van der Waals surface area contributed by atoms with Crippen LogP contribution in [0.3, 0.4) is 0 Å². The molecule has 1 aliphatic carbocycles. The van der Waals surface area contributed by atoms with Crippen molar-refractivity contribution >= 4 is 16.5 Å². The van der Waals surface area contributed by atoms with Crippen LogP contribution in [0.2, 0.25) is 0 Å². The molecule has 0 bridgehead atoms. The van der Waals surface area contributed by atoms with Crippen LogP contribution in [0, 0.1) is 5.92 Å². The molecule has 4 nitrogen and oxygen atoms in total. The summed E-state index contributed by atoms with van der Waals surface area (Å²) in [5.74, 6) is 1.65. The molecule has 1 heterocycles. The van der Waals surface area contributed by atoms with Crippen LogP contribution >= 0.6 is 0 Å². The van der Waals surface area contributed by atoms with E-state index in [1.165, 1.54) is 54.0 Å². The van der Waals surface area contributed by atoms with Gasteiger partial charge in [-0.2, -0.15) is 0 Å². The smallest absolute Gasteiger partial charge is 0.132 e. The number of hydrogen-bond acceptors (Lipinski definition) is 4. The van der Waals surface area contributed by atoms with Crippen molar-refractivity contribution in [2.45, 2.75) is 110 Å². The lowest BCUT2D eigenvalue weighted by molar-refractivity contribution is -0.168. The largest absolute Gasteiger partial charge is 0.485 e. The average Bonchev–Trinajstić information content (AvgIpc) is 3.03. The van der Waals surface area contributed by atoms with E-state index in [0.717, 1.165) is 48.1 Å². The lowest BCUT2D eigenvalue weighted by atomic mass is 9.86. The molecule has 1 fully saturated rings. The number of rotatable bonds is 10. The highest BCUT2D eigenvalue weighted by atomic mass is 16.6. The molecular formula is C41H51NO3. The summed E-state index contributed by atoms with van der Waals surface area (Å²) in [6, 6.07) is 30.4. The van der Waals surface area contributed by atoms with Gasteiger partial charge < -0.3 is 19.5 Å². The number of anilines is 1. The summed E-state index contributed by atoms with van der Waals surface area (Å²) in [6.45, 7) is 13.0. The normalized spacial score (nSPS) is 20.0. The minimum absolute atomic E-state index is 0.150. The van der Waals surface area contributed by atoms with Crippen molar-refractivity contribution in [3.8, 4) is 5.75 Å². The second kappa shape index (κ2) is 13.6. The molecular weight excluding hydrogens is 554 g/mol. The quantitative estimate of drug-likeness (QED) is 0.195. The summed E-state index contributed by atoms with van der Waals surface area (Å²) in [5.41, 5.74) is 5.49. The van der Waals surface area contributed by atoms with Crippen molar-refractivity contribution in [3.05, 3.63) is 107 Å². The van der Waals surface area contributed by atoms with Gasteiger partial charge in [-0.1, -0.05) is 114 Å². The van der Waals surface area contributed by atoms with Gasteiger partial charge in [-0.15, -0.1) is 0 Å². The molecule has 1 aliphatic heterocycles. The molecule has 0 aromatic heterocycles. The van der Waals surface area contributed by atoms with Crippen LogP contribution in [0.4, 0.5) is 5.69 Å². The maximum atomic E-state index is 6.85. The van der Waals surface area contributed by atoms with Crippen LogP contribution in [0.5, 0.6) is 5.75 Å². The Morgan fingerprint density at radius 3 is 2.29 bits per heavy atom. The molecule has 4 aromatic rings. The zero-order chi connectivity index (χ0) is 31.4. The van der Waals surface area contributed by atoms with Gasteiger partial charge in [-0.05, 0) is 83.3 Å². The van der Waals surface area contributed by atoms with Gasteiger partial charge in [0.05, 0.1) is 6.61 Å². The number of hydrogen-bond donors (Lipinski definition) is 1. The van der Waals surface area contributed by atoms with Gasteiger partial charge in [0.15, 0.2) is 0 Å². The van der Waals surface area contributed by atoms with Crippen molar-refractivity contribution in [1.29, 1.82) is 0 Å². The minimum Gasteiger partial charge on any atom is -0.485 e. The fraction of sp³-hybridized carbons (Fsp3) is 0.463. The van der Waals surface area contributed by atoms with Crippen molar-refractivity contribution < 1.29 is 14.2 Å². The summed E-state index contributed by atoms with van der Waals surface area (Å²) in [5, 5.41) is 6.13. The summed E-state index contributed by atoms with van der Waals surface area (Å²) in [7, 11) is 0. The number of fused-ring (bicyclic) bond motifs is 2. The van der Waals surface area contributed by atoms with E-state index in [1.54, 1.807) is 0 Å². The zero-order valence-electron chi connectivity index (χ0n) is 27.9. The molecule has 2 aliphatic rings. The van der Waals surface area contributed by atoms with Crippen molar-refractivity contribution in [2.75, 3.05) is 11.9 Å².